The minimum Gasteiger partial charge on any atom is -0.350 e. The second-order valence-corrected chi connectivity index (χ2v) is 10.9. The van der Waals surface area contributed by atoms with Crippen LogP contribution in [-0.2, 0) is 29.0 Å². The number of carbonyl (C=O) groups is 1. The summed E-state index contributed by atoms with van der Waals surface area (Å²) in [5.74, 6) is -0.442. The molecular weight excluding hydrogens is 491 g/mol. The van der Waals surface area contributed by atoms with E-state index in [1.54, 1.807) is 0 Å². The molecule has 1 aliphatic carbocycles. The molecule has 188 valence electrons. The number of fused-ring (bicyclic) bond motifs is 1. The van der Waals surface area contributed by atoms with Crippen LogP contribution in [0.25, 0.3) is 0 Å². The van der Waals surface area contributed by atoms with Crippen LogP contribution >= 0.6 is 0 Å². The fraction of sp³-hybridized carbons (Fsp3) is 0.269. The molecule has 5 rings (SSSR count). The molecule has 0 aromatic heterocycles. The fourth-order valence-corrected chi connectivity index (χ4v) is 6.85. The lowest BCUT2D eigenvalue weighted by Gasteiger charge is -2.31. The summed E-state index contributed by atoms with van der Waals surface area (Å²) >= 11 is 0. The highest BCUT2D eigenvalue weighted by Crippen LogP contribution is 2.46. The standard InChI is InChI=1S/C26H24F3N3O3S/c27-26(28,29)21-11-13-22(14-12-21)36(34,35)32-24(20-10-9-17-7-4-8-19(17)15-20)23(16-31(32)25(30)33)18-5-2-1-3-6-18/h1-3,5-6,9-15,23-24H,4,7-8,16H2,(H2,30,33). The number of alkyl halides is 3. The molecule has 2 unspecified atom stereocenters. The van der Waals surface area contributed by atoms with Gasteiger partial charge in [-0.2, -0.15) is 13.2 Å². The monoisotopic (exact) mass is 515 g/mol. The summed E-state index contributed by atoms with van der Waals surface area (Å²) in [4.78, 5) is 12.2. The Hall–Kier alpha value is -3.37. The Bertz CT molecular complexity index is 1390. The van der Waals surface area contributed by atoms with E-state index in [1.165, 1.54) is 5.56 Å². The summed E-state index contributed by atoms with van der Waals surface area (Å²) in [5, 5.41) is 0.975. The van der Waals surface area contributed by atoms with Gasteiger partial charge in [-0.25, -0.2) is 18.2 Å². The van der Waals surface area contributed by atoms with Crippen molar-refractivity contribution in [2.24, 2.45) is 5.73 Å². The zero-order valence-corrected chi connectivity index (χ0v) is 20.0. The van der Waals surface area contributed by atoms with Crippen LogP contribution in [0.1, 0.15) is 46.2 Å². The second kappa shape index (κ2) is 8.94. The molecule has 0 spiro atoms. The van der Waals surface area contributed by atoms with Crippen LogP contribution in [0.15, 0.2) is 77.7 Å². The van der Waals surface area contributed by atoms with Crippen molar-refractivity contribution in [1.82, 2.24) is 9.42 Å². The number of hydrogen-bond acceptors (Lipinski definition) is 3. The van der Waals surface area contributed by atoms with Crippen LogP contribution in [0.3, 0.4) is 0 Å². The van der Waals surface area contributed by atoms with Crippen molar-refractivity contribution >= 4 is 16.1 Å². The van der Waals surface area contributed by atoms with Crippen molar-refractivity contribution in [3.63, 3.8) is 0 Å². The van der Waals surface area contributed by atoms with Gasteiger partial charge in [0.15, 0.2) is 0 Å². The number of hydrogen-bond donors (Lipinski definition) is 1. The van der Waals surface area contributed by atoms with E-state index < -0.39 is 39.8 Å². The lowest BCUT2D eigenvalue weighted by molar-refractivity contribution is -0.137. The zero-order chi connectivity index (χ0) is 25.7. The van der Waals surface area contributed by atoms with Gasteiger partial charge in [0.1, 0.15) is 0 Å². The smallest absolute Gasteiger partial charge is 0.350 e. The van der Waals surface area contributed by atoms with Gasteiger partial charge in [0.25, 0.3) is 10.0 Å². The fourth-order valence-electron chi connectivity index (χ4n) is 5.18. The quantitative estimate of drug-likeness (QED) is 0.530. The van der Waals surface area contributed by atoms with E-state index in [9.17, 15) is 26.4 Å². The number of carbonyl (C=O) groups excluding carboxylic acids is 1. The van der Waals surface area contributed by atoms with Crippen molar-refractivity contribution in [3.8, 4) is 0 Å². The predicted octanol–water partition coefficient (Wildman–Crippen LogP) is 5.02. The summed E-state index contributed by atoms with van der Waals surface area (Å²) in [7, 11) is -4.46. The van der Waals surface area contributed by atoms with Crippen molar-refractivity contribution < 1.29 is 26.4 Å². The average molecular weight is 516 g/mol. The van der Waals surface area contributed by atoms with Crippen LogP contribution in [0, 0.1) is 0 Å². The molecule has 1 aliphatic heterocycles. The minimum absolute atomic E-state index is 0.000955. The number of rotatable bonds is 4. The van der Waals surface area contributed by atoms with E-state index in [0.29, 0.717) is 5.56 Å². The number of nitrogens with two attached hydrogens (primary N) is 1. The number of hydrazine groups is 1. The Kier molecular flexibility index (Phi) is 6.04. The first-order valence-corrected chi connectivity index (χ1v) is 13.0. The number of sulfonamides is 1. The molecule has 36 heavy (non-hydrogen) atoms. The molecule has 2 amide bonds. The molecule has 1 fully saturated rings. The topological polar surface area (TPSA) is 83.7 Å². The second-order valence-electron chi connectivity index (χ2n) is 9.06. The molecule has 0 radical (unpaired) electrons. The molecule has 3 aromatic carbocycles. The normalized spacial score (nSPS) is 20.5. The van der Waals surface area contributed by atoms with Gasteiger partial charge in [-0.05, 0) is 65.8 Å². The Balaban J connectivity index is 1.66. The van der Waals surface area contributed by atoms with Crippen molar-refractivity contribution in [2.75, 3.05) is 6.54 Å². The largest absolute Gasteiger partial charge is 0.416 e. The third kappa shape index (κ3) is 4.24. The lowest BCUT2D eigenvalue weighted by atomic mass is 9.87. The summed E-state index contributed by atoms with van der Waals surface area (Å²) < 4.78 is 68.0. The third-order valence-corrected chi connectivity index (χ3v) is 8.68. The molecule has 2 aliphatic rings. The summed E-state index contributed by atoms with van der Waals surface area (Å²) in [5.41, 5.74) is 8.53. The van der Waals surface area contributed by atoms with Crippen molar-refractivity contribution in [1.29, 1.82) is 0 Å². The van der Waals surface area contributed by atoms with Crippen LogP contribution in [-0.4, -0.2) is 30.4 Å². The Morgan fingerprint density at radius 1 is 0.889 bits per heavy atom. The Labute approximate surface area is 207 Å². The van der Waals surface area contributed by atoms with Crippen LogP contribution in [0.5, 0.6) is 0 Å². The highest BCUT2D eigenvalue weighted by Gasteiger charge is 2.50. The predicted molar refractivity (Wildman–Crippen MR) is 127 cm³/mol. The van der Waals surface area contributed by atoms with Gasteiger partial charge in [0.05, 0.1) is 16.5 Å². The highest BCUT2D eigenvalue weighted by molar-refractivity contribution is 7.89. The molecule has 3 aromatic rings. The first kappa shape index (κ1) is 24.3. The Morgan fingerprint density at radius 3 is 2.19 bits per heavy atom. The number of primary amides is 1. The molecule has 1 saturated heterocycles. The van der Waals surface area contributed by atoms with E-state index in [-0.39, 0.29) is 11.4 Å². The molecule has 10 heteroatoms. The molecule has 0 bridgehead atoms. The summed E-state index contributed by atoms with van der Waals surface area (Å²) in [6.07, 6.45) is -1.78. The summed E-state index contributed by atoms with van der Waals surface area (Å²) in [6.45, 7) is 0.000955. The number of aryl methyl sites for hydroxylation is 2. The van der Waals surface area contributed by atoms with Gasteiger partial charge in [-0.1, -0.05) is 52.9 Å². The van der Waals surface area contributed by atoms with E-state index in [0.717, 1.165) is 64.1 Å². The minimum atomic E-state index is -4.61. The van der Waals surface area contributed by atoms with Crippen molar-refractivity contribution in [2.45, 2.75) is 42.3 Å². The van der Waals surface area contributed by atoms with E-state index in [1.807, 2.05) is 48.5 Å². The molecule has 2 atom stereocenters. The number of amides is 2. The number of nitrogens with zero attached hydrogens (tertiary/aromatic N) is 2. The van der Waals surface area contributed by atoms with Crippen LogP contribution < -0.4 is 5.73 Å². The Morgan fingerprint density at radius 2 is 1.56 bits per heavy atom. The van der Waals surface area contributed by atoms with E-state index in [4.69, 9.17) is 5.73 Å². The molecule has 1 heterocycles. The molecule has 0 saturated carbocycles. The van der Waals surface area contributed by atoms with E-state index in [2.05, 4.69) is 0 Å². The van der Waals surface area contributed by atoms with Gasteiger partial charge in [-0.3, -0.25) is 0 Å². The van der Waals surface area contributed by atoms with Crippen LogP contribution in [0.2, 0.25) is 0 Å². The molecule has 2 N–H and O–H groups in total. The maximum atomic E-state index is 13.9. The van der Waals surface area contributed by atoms with Gasteiger partial charge >= 0.3 is 12.2 Å². The molecule has 6 nitrogen and oxygen atoms in total. The van der Waals surface area contributed by atoms with Gasteiger partial charge in [0, 0.05) is 12.5 Å². The lowest BCUT2D eigenvalue weighted by Crippen LogP contribution is -2.48. The summed E-state index contributed by atoms with van der Waals surface area (Å²) in [6, 6.07) is 16.5. The van der Waals surface area contributed by atoms with Crippen molar-refractivity contribution in [3.05, 3.63) is 101 Å². The number of urea groups is 1. The maximum absolute atomic E-state index is 13.9. The SMILES string of the molecule is NC(=O)N1CC(c2ccccc2)C(c2ccc3c(c2)CCC3)N1S(=O)(=O)c1ccc(C(F)(F)F)cc1. The van der Waals surface area contributed by atoms with Gasteiger partial charge in [0.2, 0.25) is 0 Å². The highest BCUT2D eigenvalue weighted by atomic mass is 32.2. The maximum Gasteiger partial charge on any atom is 0.416 e. The first-order chi connectivity index (χ1) is 17.1. The molecular formula is C26H24F3N3O3S. The van der Waals surface area contributed by atoms with Crippen LogP contribution in [0.4, 0.5) is 18.0 Å². The van der Waals surface area contributed by atoms with Gasteiger partial charge in [-0.15, -0.1) is 0 Å². The average Bonchev–Trinajstić information content (AvgIpc) is 3.49. The van der Waals surface area contributed by atoms with Gasteiger partial charge < -0.3 is 5.73 Å². The zero-order valence-electron chi connectivity index (χ0n) is 19.1. The first-order valence-electron chi connectivity index (χ1n) is 11.5. The third-order valence-electron chi connectivity index (χ3n) is 6.90. The number of benzene rings is 3. The number of halogens is 3. The van der Waals surface area contributed by atoms with E-state index >= 15 is 0 Å².